The fraction of sp³-hybridized carbons (Fsp3) is 0.467. The van der Waals surface area contributed by atoms with Crippen molar-refractivity contribution in [3.8, 4) is 0 Å². The molecule has 2 amide bonds. The monoisotopic (exact) mass is 304 g/mol. The number of carbonyl (C=O) groups excluding carboxylic acids is 1. The van der Waals surface area contributed by atoms with Crippen LogP contribution >= 0.6 is 0 Å². The van der Waals surface area contributed by atoms with Gasteiger partial charge in [-0.3, -0.25) is 10.00 Å². The van der Waals surface area contributed by atoms with E-state index in [0.717, 1.165) is 18.5 Å². The van der Waals surface area contributed by atoms with Gasteiger partial charge in [-0.1, -0.05) is 6.42 Å². The largest absolute Gasteiger partial charge is 0.467 e. The first-order valence-electron chi connectivity index (χ1n) is 7.43. The van der Waals surface area contributed by atoms with Crippen LogP contribution in [0.1, 0.15) is 42.7 Å². The lowest BCUT2D eigenvalue weighted by Gasteiger charge is -2.22. The molecular weight excluding hydrogens is 284 g/mol. The Morgan fingerprint density at radius 2 is 2.41 bits per heavy atom. The molecule has 1 saturated carbocycles. The second kappa shape index (κ2) is 6.23. The van der Waals surface area contributed by atoms with Crippen molar-refractivity contribution in [1.82, 2.24) is 15.1 Å². The van der Waals surface area contributed by atoms with E-state index in [1.54, 1.807) is 23.9 Å². The lowest BCUT2D eigenvalue weighted by Crippen LogP contribution is -2.32. The Labute approximate surface area is 128 Å². The predicted molar refractivity (Wildman–Crippen MR) is 80.5 cm³/mol. The van der Waals surface area contributed by atoms with Crippen LogP contribution in [0.3, 0.4) is 0 Å². The summed E-state index contributed by atoms with van der Waals surface area (Å²) in [5.41, 5.74) is 1.03. The highest BCUT2D eigenvalue weighted by Gasteiger charge is 2.23. The number of furan rings is 1. The minimum atomic E-state index is -0.863. The molecule has 3 N–H and O–H groups in total. The number of aliphatic hydroxyl groups is 1. The van der Waals surface area contributed by atoms with Crippen LogP contribution in [-0.4, -0.2) is 27.5 Å². The zero-order valence-corrected chi connectivity index (χ0v) is 12.5. The maximum atomic E-state index is 11.9. The Bertz CT molecular complexity index is 631. The van der Waals surface area contributed by atoms with Crippen molar-refractivity contribution in [2.24, 2.45) is 7.05 Å². The Morgan fingerprint density at radius 1 is 1.59 bits per heavy atom. The van der Waals surface area contributed by atoms with Crippen LogP contribution in [0.25, 0.3) is 0 Å². The quantitative estimate of drug-likeness (QED) is 0.789. The molecule has 0 saturated heterocycles. The predicted octanol–water partition coefficient (Wildman–Crippen LogP) is 2.14. The van der Waals surface area contributed by atoms with Crippen molar-refractivity contribution in [3.63, 3.8) is 0 Å². The number of urea groups is 1. The number of hydrogen-bond donors (Lipinski definition) is 3. The number of aryl methyl sites for hydroxylation is 1. The Hall–Kier alpha value is -2.28. The van der Waals surface area contributed by atoms with Gasteiger partial charge in [-0.25, -0.2) is 4.79 Å². The normalized spacial score (nSPS) is 16.1. The molecule has 22 heavy (non-hydrogen) atoms. The van der Waals surface area contributed by atoms with Crippen molar-refractivity contribution in [3.05, 3.63) is 35.9 Å². The highest BCUT2D eigenvalue weighted by Crippen LogP contribution is 2.36. The number of nitrogens with zero attached hydrogens (tertiary/aromatic N) is 2. The maximum absolute atomic E-state index is 11.9. The van der Waals surface area contributed by atoms with E-state index in [1.165, 1.54) is 12.7 Å². The average Bonchev–Trinajstić information content (AvgIpc) is 3.05. The van der Waals surface area contributed by atoms with Crippen molar-refractivity contribution in [1.29, 1.82) is 0 Å². The second-order valence-electron chi connectivity index (χ2n) is 5.57. The number of rotatable bonds is 5. The van der Waals surface area contributed by atoms with E-state index in [1.807, 2.05) is 6.07 Å². The molecule has 1 aliphatic carbocycles. The molecule has 1 aliphatic rings. The Balaban J connectivity index is 1.52. The topological polar surface area (TPSA) is 92.3 Å². The summed E-state index contributed by atoms with van der Waals surface area (Å²) in [5, 5.41) is 19.6. The maximum Gasteiger partial charge on any atom is 0.320 e. The van der Waals surface area contributed by atoms with E-state index in [2.05, 4.69) is 15.7 Å². The first kappa shape index (κ1) is 14.6. The molecule has 0 bridgehead atoms. The summed E-state index contributed by atoms with van der Waals surface area (Å²) in [5.74, 6) is 1.59. The van der Waals surface area contributed by atoms with E-state index in [-0.39, 0.29) is 12.6 Å². The zero-order valence-electron chi connectivity index (χ0n) is 12.5. The number of amides is 2. The van der Waals surface area contributed by atoms with E-state index in [4.69, 9.17) is 4.42 Å². The van der Waals surface area contributed by atoms with Crippen LogP contribution in [0.5, 0.6) is 0 Å². The minimum Gasteiger partial charge on any atom is -0.467 e. The third-order valence-corrected chi connectivity index (χ3v) is 3.99. The van der Waals surface area contributed by atoms with Gasteiger partial charge in [0.15, 0.2) is 0 Å². The van der Waals surface area contributed by atoms with Crippen LogP contribution < -0.4 is 10.6 Å². The SMILES string of the molecule is Cn1nc(C2CCC2)cc1NC(=O)NCC(O)c1ccco1. The third-order valence-electron chi connectivity index (χ3n) is 3.99. The summed E-state index contributed by atoms with van der Waals surface area (Å²) in [6.45, 7) is 0.0761. The molecule has 2 aromatic rings. The van der Waals surface area contributed by atoms with Gasteiger partial charge in [-0.05, 0) is 25.0 Å². The molecule has 3 rings (SSSR count). The number of aliphatic hydroxyl groups excluding tert-OH is 1. The summed E-state index contributed by atoms with van der Waals surface area (Å²) < 4.78 is 6.74. The summed E-state index contributed by atoms with van der Waals surface area (Å²) >= 11 is 0. The second-order valence-corrected chi connectivity index (χ2v) is 5.57. The van der Waals surface area contributed by atoms with Gasteiger partial charge in [0.1, 0.15) is 17.7 Å². The molecule has 118 valence electrons. The van der Waals surface area contributed by atoms with Crippen LogP contribution in [0.15, 0.2) is 28.9 Å². The van der Waals surface area contributed by atoms with Gasteiger partial charge >= 0.3 is 6.03 Å². The number of nitrogens with one attached hydrogen (secondary N) is 2. The van der Waals surface area contributed by atoms with Gasteiger partial charge < -0.3 is 14.8 Å². The molecule has 7 heteroatoms. The van der Waals surface area contributed by atoms with Crippen LogP contribution in [-0.2, 0) is 7.05 Å². The van der Waals surface area contributed by atoms with Crippen LogP contribution in [0.2, 0.25) is 0 Å². The number of anilines is 1. The Morgan fingerprint density at radius 3 is 3.05 bits per heavy atom. The molecule has 1 fully saturated rings. The lowest BCUT2D eigenvalue weighted by atomic mass is 9.83. The fourth-order valence-corrected chi connectivity index (χ4v) is 2.44. The molecule has 0 radical (unpaired) electrons. The van der Waals surface area contributed by atoms with E-state index in [0.29, 0.717) is 17.5 Å². The standard InChI is InChI=1S/C15H20N4O3/c1-19-14(8-11(18-19)10-4-2-5-10)17-15(21)16-9-12(20)13-6-3-7-22-13/h3,6-8,10,12,20H,2,4-5,9H2,1H3,(H2,16,17,21). The van der Waals surface area contributed by atoms with E-state index < -0.39 is 6.10 Å². The lowest BCUT2D eigenvalue weighted by molar-refractivity contribution is 0.149. The fourth-order valence-electron chi connectivity index (χ4n) is 2.44. The van der Waals surface area contributed by atoms with Gasteiger partial charge in [-0.2, -0.15) is 5.10 Å². The summed E-state index contributed by atoms with van der Waals surface area (Å²) in [4.78, 5) is 11.9. The van der Waals surface area contributed by atoms with E-state index >= 15 is 0 Å². The molecule has 2 aromatic heterocycles. The number of hydrogen-bond acceptors (Lipinski definition) is 4. The first-order chi connectivity index (χ1) is 10.6. The van der Waals surface area contributed by atoms with Crippen LogP contribution in [0, 0.1) is 0 Å². The van der Waals surface area contributed by atoms with E-state index in [9.17, 15) is 9.90 Å². The molecule has 0 spiro atoms. The summed E-state index contributed by atoms with van der Waals surface area (Å²) in [6, 6.07) is 4.88. The molecule has 1 unspecified atom stereocenters. The smallest absolute Gasteiger partial charge is 0.320 e. The summed E-state index contributed by atoms with van der Waals surface area (Å²) in [7, 11) is 1.80. The Kier molecular flexibility index (Phi) is 4.15. The molecule has 2 heterocycles. The third kappa shape index (κ3) is 3.14. The van der Waals surface area contributed by atoms with Crippen molar-refractivity contribution in [2.75, 3.05) is 11.9 Å². The molecule has 7 nitrogen and oxygen atoms in total. The van der Waals surface area contributed by atoms with Gasteiger partial charge in [0.25, 0.3) is 0 Å². The highest BCUT2D eigenvalue weighted by atomic mass is 16.4. The first-order valence-corrected chi connectivity index (χ1v) is 7.43. The molecule has 0 aliphatic heterocycles. The number of aromatic nitrogens is 2. The van der Waals surface area contributed by atoms with Gasteiger partial charge in [0, 0.05) is 19.0 Å². The van der Waals surface area contributed by atoms with Crippen molar-refractivity contribution >= 4 is 11.8 Å². The number of carbonyl (C=O) groups is 1. The van der Waals surface area contributed by atoms with Gasteiger partial charge in [0.05, 0.1) is 18.5 Å². The molecular formula is C15H20N4O3. The molecule has 1 atom stereocenters. The van der Waals surface area contributed by atoms with Gasteiger partial charge in [0.2, 0.25) is 0 Å². The van der Waals surface area contributed by atoms with Crippen molar-refractivity contribution in [2.45, 2.75) is 31.3 Å². The van der Waals surface area contributed by atoms with Crippen LogP contribution in [0.4, 0.5) is 10.6 Å². The average molecular weight is 304 g/mol. The molecule has 0 aromatic carbocycles. The minimum absolute atomic E-state index is 0.0761. The summed E-state index contributed by atoms with van der Waals surface area (Å²) in [6.07, 6.45) is 4.19. The zero-order chi connectivity index (χ0) is 15.5. The highest BCUT2D eigenvalue weighted by molar-refractivity contribution is 5.88. The van der Waals surface area contributed by atoms with Gasteiger partial charge in [-0.15, -0.1) is 0 Å². The van der Waals surface area contributed by atoms with Crippen molar-refractivity contribution < 1.29 is 14.3 Å².